The molecule has 1 aliphatic rings. The third-order valence-corrected chi connectivity index (χ3v) is 3.40. The van der Waals surface area contributed by atoms with Gasteiger partial charge in [-0.05, 0) is 19.8 Å². The Balaban J connectivity index is 1.55. The quantitative estimate of drug-likeness (QED) is 0.880. The summed E-state index contributed by atoms with van der Waals surface area (Å²) in [6.07, 6.45) is 3.77. The third kappa shape index (κ3) is 3.18. The molecule has 1 aliphatic carbocycles. The normalized spacial score (nSPS) is 14.1. The zero-order valence-corrected chi connectivity index (χ0v) is 11.7. The molecule has 1 saturated carbocycles. The topological polar surface area (TPSA) is 90.0 Å². The van der Waals surface area contributed by atoms with Crippen LogP contribution < -0.4 is 10.9 Å². The van der Waals surface area contributed by atoms with E-state index in [2.05, 4.69) is 15.5 Å². The van der Waals surface area contributed by atoms with Gasteiger partial charge in [0.15, 0.2) is 5.69 Å². The van der Waals surface area contributed by atoms with Crippen LogP contribution in [0.5, 0.6) is 0 Å². The minimum Gasteiger partial charge on any atom is -0.361 e. The number of hydrogen-bond acceptors (Lipinski definition) is 5. The van der Waals surface area contributed by atoms with Crippen molar-refractivity contribution in [3.05, 3.63) is 46.0 Å². The van der Waals surface area contributed by atoms with Crippen LogP contribution in [0.4, 0.5) is 0 Å². The Morgan fingerprint density at radius 3 is 2.90 bits per heavy atom. The van der Waals surface area contributed by atoms with Crippen molar-refractivity contribution in [2.45, 2.75) is 32.2 Å². The van der Waals surface area contributed by atoms with Gasteiger partial charge in [0.1, 0.15) is 5.76 Å². The molecule has 7 nitrogen and oxygen atoms in total. The van der Waals surface area contributed by atoms with Gasteiger partial charge in [0.05, 0.1) is 12.0 Å². The molecule has 0 bridgehead atoms. The summed E-state index contributed by atoms with van der Waals surface area (Å²) >= 11 is 0. The second-order valence-corrected chi connectivity index (χ2v) is 5.20. The molecular formula is C14H16N4O3. The first-order valence-corrected chi connectivity index (χ1v) is 6.91. The highest BCUT2D eigenvalue weighted by Gasteiger charge is 2.25. The number of carbonyl (C=O) groups is 1. The molecule has 3 rings (SSSR count). The molecule has 110 valence electrons. The predicted octanol–water partition coefficient (Wildman–Crippen LogP) is 0.847. The molecule has 21 heavy (non-hydrogen) atoms. The first-order chi connectivity index (χ1) is 10.1. The summed E-state index contributed by atoms with van der Waals surface area (Å²) in [6, 6.07) is 3.15. The highest BCUT2D eigenvalue weighted by molar-refractivity contribution is 5.92. The molecule has 1 N–H and O–H groups in total. The molecule has 1 amide bonds. The zero-order chi connectivity index (χ0) is 14.8. The number of carbonyl (C=O) groups excluding carboxylic acids is 1. The van der Waals surface area contributed by atoms with E-state index in [9.17, 15) is 9.59 Å². The van der Waals surface area contributed by atoms with E-state index in [1.54, 1.807) is 25.4 Å². The Morgan fingerprint density at radius 2 is 2.29 bits per heavy atom. The number of rotatable bonds is 5. The van der Waals surface area contributed by atoms with Crippen LogP contribution in [-0.4, -0.2) is 27.2 Å². The molecular weight excluding hydrogens is 272 g/mol. The number of nitrogens with one attached hydrogen (secondary N) is 1. The van der Waals surface area contributed by atoms with Crippen molar-refractivity contribution in [2.75, 3.05) is 6.54 Å². The van der Waals surface area contributed by atoms with Crippen molar-refractivity contribution in [3.8, 4) is 0 Å². The average molecular weight is 288 g/mol. The van der Waals surface area contributed by atoms with Crippen LogP contribution in [0.1, 0.15) is 40.7 Å². The summed E-state index contributed by atoms with van der Waals surface area (Å²) in [5, 5.41) is 6.32. The van der Waals surface area contributed by atoms with E-state index in [1.807, 2.05) is 0 Å². The van der Waals surface area contributed by atoms with Crippen molar-refractivity contribution in [1.82, 2.24) is 20.0 Å². The van der Waals surface area contributed by atoms with Gasteiger partial charge in [-0.25, -0.2) is 4.98 Å². The maximum atomic E-state index is 11.9. The fraction of sp³-hybridized carbons (Fsp3) is 0.429. The largest absolute Gasteiger partial charge is 0.361 e. The second-order valence-electron chi connectivity index (χ2n) is 5.20. The SMILES string of the molecule is Cc1cc(C(=O)NCCn2cnc(C3CC3)cc2=O)no1. The van der Waals surface area contributed by atoms with Crippen molar-refractivity contribution < 1.29 is 9.32 Å². The first kappa shape index (κ1) is 13.5. The molecule has 0 aliphatic heterocycles. The summed E-state index contributed by atoms with van der Waals surface area (Å²) in [5.74, 6) is 0.723. The van der Waals surface area contributed by atoms with Crippen molar-refractivity contribution in [2.24, 2.45) is 0 Å². The van der Waals surface area contributed by atoms with Crippen LogP contribution in [0.15, 0.2) is 27.8 Å². The molecule has 2 aromatic rings. The second kappa shape index (κ2) is 5.51. The Labute approximate surface area is 121 Å². The maximum absolute atomic E-state index is 11.9. The lowest BCUT2D eigenvalue weighted by Crippen LogP contribution is -2.31. The van der Waals surface area contributed by atoms with E-state index < -0.39 is 0 Å². The monoisotopic (exact) mass is 288 g/mol. The summed E-state index contributed by atoms with van der Waals surface area (Å²) < 4.78 is 6.32. The Bertz CT molecular complexity index is 715. The lowest BCUT2D eigenvalue weighted by molar-refractivity contribution is 0.0943. The number of nitrogens with zero attached hydrogens (tertiary/aromatic N) is 3. The number of aromatic nitrogens is 3. The average Bonchev–Trinajstić information content (AvgIpc) is 3.22. The fourth-order valence-electron chi connectivity index (χ4n) is 2.06. The van der Waals surface area contributed by atoms with Crippen LogP contribution in [-0.2, 0) is 6.54 Å². The van der Waals surface area contributed by atoms with E-state index in [4.69, 9.17) is 4.52 Å². The van der Waals surface area contributed by atoms with Crippen LogP contribution in [0, 0.1) is 6.92 Å². The Hall–Kier alpha value is -2.44. The van der Waals surface area contributed by atoms with Crippen molar-refractivity contribution >= 4 is 5.91 Å². The lowest BCUT2D eigenvalue weighted by atomic mass is 10.3. The number of aryl methyl sites for hydroxylation is 1. The molecule has 0 spiro atoms. The van der Waals surface area contributed by atoms with Gasteiger partial charge in [-0.2, -0.15) is 0 Å². The lowest BCUT2D eigenvalue weighted by Gasteiger charge is -2.06. The molecule has 0 unspecified atom stereocenters. The van der Waals surface area contributed by atoms with E-state index in [1.165, 1.54) is 4.57 Å². The van der Waals surface area contributed by atoms with Gasteiger partial charge in [-0.3, -0.25) is 14.2 Å². The minimum atomic E-state index is -0.317. The highest BCUT2D eigenvalue weighted by atomic mass is 16.5. The van der Waals surface area contributed by atoms with Crippen LogP contribution in [0.2, 0.25) is 0 Å². The van der Waals surface area contributed by atoms with E-state index >= 15 is 0 Å². The third-order valence-electron chi connectivity index (χ3n) is 3.40. The van der Waals surface area contributed by atoms with Crippen molar-refractivity contribution in [1.29, 1.82) is 0 Å². The molecule has 0 saturated heterocycles. The molecule has 2 heterocycles. The molecule has 1 fully saturated rings. The standard InChI is InChI=1S/C14H16N4O3/c1-9-6-12(17-21-9)14(20)15-4-5-18-8-16-11(7-13(18)19)10-2-3-10/h6-8,10H,2-5H2,1H3,(H,15,20). The van der Waals surface area contributed by atoms with Gasteiger partial charge in [0, 0.05) is 31.1 Å². The predicted molar refractivity (Wildman–Crippen MR) is 74.0 cm³/mol. The molecule has 0 radical (unpaired) electrons. The molecule has 2 aromatic heterocycles. The fourth-order valence-corrected chi connectivity index (χ4v) is 2.06. The van der Waals surface area contributed by atoms with Gasteiger partial charge < -0.3 is 9.84 Å². The zero-order valence-electron chi connectivity index (χ0n) is 11.7. The molecule has 0 atom stereocenters. The van der Waals surface area contributed by atoms with Gasteiger partial charge in [-0.15, -0.1) is 0 Å². The maximum Gasteiger partial charge on any atom is 0.273 e. The van der Waals surface area contributed by atoms with E-state index in [0.717, 1.165) is 18.5 Å². The van der Waals surface area contributed by atoms with Gasteiger partial charge in [0.2, 0.25) is 0 Å². The Morgan fingerprint density at radius 1 is 1.48 bits per heavy atom. The number of hydrogen-bond donors (Lipinski definition) is 1. The van der Waals surface area contributed by atoms with E-state index in [-0.39, 0.29) is 17.2 Å². The van der Waals surface area contributed by atoms with Gasteiger partial charge in [-0.1, -0.05) is 5.16 Å². The highest BCUT2D eigenvalue weighted by Crippen LogP contribution is 2.38. The molecule has 0 aromatic carbocycles. The van der Waals surface area contributed by atoms with Crippen LogP contribution >= 0.6 is 0 Å². The Kier molecular flexibility index (Phi) is 3.55. The molecule has 7 heteroatoms. The van der Waals surface area contributed by atoms with Gasteiger partial charge >= 0.3 is 0 Å². The first-order valence-electron chi connectivity index (χ1n) is 6.91. The number of amides is 1. The summed E-state index contributed by atoms with van der Waals surface area (Å²) in [5.41, 5.74) is 1.03. The summed E-state index contributed by atoms with van der Waals surface area (Å²) in [6.45, 7) is 2.42. The van der Waals surface area contributed by atoms with E-state index in [0.29, 0.717) is 24.8 Å². The summed E-state index contributed by atoms with van der Waals surface area (Å²) in [7, 11) is 0. The van der Waals surface area contributed by atoms with Gasteiger partial charge in [0.25, 0.3) is 11.5 Å². The van der Waals surface area contributed by atoms with Crippen LogP contribution in [0.3, 0.4) is 0 Å². The van der Waals surface area contributed by atoms with Crippen LogP contribution in [0.25, 0.3) is 0 Å². The smallest absolute Gasteiger partial charge is 0.273 e. The van der Waals surface area contributed by atoms with Crippen molar-refractivity contribution in [3.63, 3.8) is 0 Å². The summed E-state index contributed by atoms with van der Waals surface area (Å²) in [4.78, 5) is 27.9. The minimum absolute atomic E-state index is 0.0848.